The molecule has 3 aromatic rings. The average molecular weight is 650 g/mol. The van der Waals surface area contributed by atoms with Gasteiger partial charge in [-0.15, -0.1) is 0 Å². The highest BCUT2D eigenvalue weighted by Crippen LogP contribution is 2.39. The third-order valence-electron chi connectivity index (χ3n) is 5.31. The standard InChI is InChI=1S/C26H22Br2N2O8/c1-33-20-9-14(10-21(34-2)24(20)35-3)26(32)38-23-15(8-16(27)11-17(23)28)12-29-30-25(31)22-13-36-18-6-4-5-7-19(18)37-22/h4-12,22H,13H2,1-3H3,(H,30,31)/t22-/m0/s1. The lowest BCUT2D eigenvalue weighted by molar-refractivity contribution is -0.130. The number of fused-ring (bicyclic) bond motifs is 1. The summed E-state index contributed by atoms with van der Waals surface area (Å²) < 4.78 is 34.1. The zero-order valence-corrected chi connectivity index (χ0v) is 23.6. The summed E-state index contributed by atoms with van der Waals surface area (Å²) in [6.07, 6.45) is 0.469. The van der Waals surface area contributed by atoms with Gasteiger partial charge in [0.05, 0.1) is 37.6 Å². The molecule has 0 bridgehead atoms. The van der Waals surface area contributed by atoms with Gasteiger partial charge in [-0.05, 0) is 52.3 Å². The summed E-state index contributed by atoms with van der Waals surface area (Å²) >= 11 is 6.82. The molecular weight excluding hydrogens is 628 g/mol. The van der Waals surface area contributed by atoms with Crippen LogP contribution in [0.1, 0.15) is 15.9 Å². The van der Waals surface area contributed by atoms with Crippen molar-refractivity contribution in [1.29, 1.82) is 0 Å². The molecule has 0 spiro atoms. The van der Waals surface area contributed by atoms with Crippen LogP contribution in [0.2, 0.25) is 0 Å². The summed E-state index contributed by atoms with van der Waals surface area (Å²) in [5.41, 5.74) is 3.00. The average Bonchev–Trinajstić information content (AvgIpc) is 2.93. The van der Waals surface area contributed by atoms with Crippen LogP contribution in [0, 0.1) is 0 Å². The Balaban J connectivity index is 1.52. The molecule has 1 heterocycles. The Morgan fingerprint density at radius 2 is 1.66 bits per heavy atom. The molecule has 12 heteroatoms. The van der Waals surface area contributed by atoms with Gasteiger partial charge in [0.25, 0.3) is 5.91 Å². The van der Waals surface area contributed by atoms with Gasteiger partial charge in [0, 0.05) is 10.0 Å². The van der Waals surface area contributed by atoms with Crippen LogP contribution in [0.25, 0.3) is 0 Å². The zero-order valence-electron chi connectivity index (χ0n) is 20.4. The lowest BCUT2D eigenvalue weighted by Crippen LogP contribution is -2.42. The van der Waals surface area contributed by atoms with E-state index in [1.165, 1.54) is 39.7 Å². The quantitative estimate of drug-likeness (QED) is 0.161. The highest BCUT2D eigenvalue weighted by Gasteiger charge is 2.27. The van der Waals surface area contributed by atoms with Crippen molar-refractivity contribution < 1.29 is 38.0 Å². The number of nitrogens with zero attached hydrogens (tertiary/aromatic N) is 1. The Hall–Kier alpha value is -3.77. The zero-order chi connectivity index (χ0) is 27.2. The number of nitrogens with one attached hydrogen (secondary N) is 1. The summed E-state index contributed by atoms with van der Waals surface area (Å²) in [4.78, 5) is 25.7. The minimum Gasteiger partial charge on any atom is -0.493 e. The second-order valence-electron chi connectivity index (χ2n) is 7.71. The Bertz CT molecular complexity index is 1370. The molecule has 0 saturated carbocycles. The van der Waals surface area contributed by atoms with Gasteiger partial charge in [0.1, 0.15) is 6.61 Å². The highest BCUT2D eigenvalue weighted by atomic mass is 79.9. The van der Waals surface area contributed by atoms with Crippen LogP contribution < -0.4 is 33.8 Å². The largest absolute Gasteiger partial charge is 0.493 e. The van der Waals surface area contributed by atoms with Crippen molar-refractivity contribution in [3.8, 4) is 34.5 Å². The van der Waals surface area contributed by atoms with Crippen LogP contribution in [-0.2, 0) is 4.79 Å². The third-order valence-corrected chi connectivity index (χ3v) is 6.36. The smallest absolute Gasteiger partial charge is 0.343 e. The molecular formula is C26H22Br2N2O8. The molecule has 10 nitrogen and oxygen atoms in total. The van der Waals surface area contributed by atoms with Crippen LogP contribution >= 0.6 is 31.9 Å². The lowest BCUT2D eigenvalue weighted by Gasteiger charge is -2.24. The summed E-state index contributed by atoms with van der Waals surface area (Å²) in [5.74, 6) is 0.979. The number of esters is 1. The van der Waals surface area contributed by atoms with Crippen LogP contribution in [0.5, 0.6) is 34.5 Å². The first-order valence-electron chi connectivity index (χ1n) is 11.1. The number of benzene rings is 3. The molecule has 1 atom stereocenters. The third kappa shape index (κ3) is 6.03. The maximum Gasteiger partial charge on any atom is 0.343 e. The maximum absolute atomic E-state index is 13.1. The summed E-state index contributed by atoms with van der Waals surface area (Å²) in [6, 6.07) is 13.4. The first kappa shape index (κ1) is 27.3. The molecule has 4 rings (SSSR count). The minimum absolute atomic E-state index is 0.0401. The van der Waals surface area contributed by atoms with E-state index in [-0.39, 0.29) is 17.9 Å². The van der Waals surface area contributed by atoms with Crippen molar-refractivity contribution in [2.24, 2.45) is 5.10 Å². The van der Waals surface area contributed by atoms with Gasteiger partial charge >= 0.3 is 5.97 Å². The predicted octanol–water partition coefficient (Wildman–Crippen LogP) is 4.75. The molecule has 1 N–H and O–H groups in total. The number of rotatable bonds is 8. The number of carbonyl (C=O) groups is 2. The molecule has 0 fully saturated rings. The number of hydrazone groups is 1. The molecule has 0 saturated heterocycles. The fourth-order valence-corrected chi connectivity index (χ4v) is 4.86. The number of ether oxygens (including phenoxy) is 6. The Kier molecular flexibility index (Phi) is 8.74. The minimum atomic E-state index is -0.881. The molecule has 1 aliphatic rings. The van der Waals surface area contributed by atoms with E-state index >= 15 is 0 Å². The topological polar surface area (TPSA) is 114 Å². The molecule has 0 radical (unpaired) electrons. The molecule has 0 aliphatic carbocycles. The van der Waals surface area contributed by atoms with Crippen molar-refractivity contribution in [2.75, 3.05) is 27.9 Å². The number of hydrogen-bond donors (Lipinski definition) is 1. The molecule has 1 aliphatic heterocycles. The number of amides is 1. The number of carbonyl (C=O) groups excluding carboxylic acids is 2. The van der Waals surface area contributed by atoms with Gasteiger partial charge in [-0.2, -0.15) is 5.10 Å². The molecule has 0 unspecified atom stereocenters. The number of methoxy groups -OCH3 is 3. The highest BCUT2D eigenvalue weighted by molar-refractivity contribution is 9.11. The van der Waals surface area contributed by atoms with Crippen molar-refractivity contribution in [3.05, 3.63) is 68.6 Å². The van der Waals surface area contributed by atoms with E-state index in [4.69, 9.17) is 28.4 Å². The van der Waals surface area contributed by atoms with Gasteiger partial charge in [-0.3, -0.25) is 4.79 Å². The second-order valence-corrected chi connectivity index (χ2v) is 9.48. The molecule has 1 amide bonds. The monoisotopic (exact) mass is 648 g/mol. The molecule has 3 aromatic carbocycles. The van der Waals surface area contributed by atoms with E-state index in [1.807, 2.05) is 6.07 Å². The van der Waals surface area contributed by atoms with Crippen LogP contribution in [-0.4, -0.2) is 52.1 Å². The van der Waals surface area contributed by atoms with E-state index in [2.05, 4.69) is 42.4 Å². The van der Waals surface area contributed by atoms with Gasteiger partial charge < -0.3 is 28.4 Å². The van der Waals surface area contributed by atoms with E-state index in [0.717, 1.165) is 0 Å². The fraction of sp³-hybridized carbons (Fsp3) is 0.192. The second kappa shape index (κ2) is 12.2. The normalized spacial score (nSPS) is 14.1. The van der Waals surface area contributed by atoms with Crippen LogP contribution in [0.4, 0.5) is 0 Å². The number of para-hydroxylation sites is 2. The lowest BCUT2D eigenvalue weighted by atomic mass is 10.1. The first-order valence-corrected chi connectivity index (χ1v) is 12.7. The van der Waals surface area contributed by atoms with Gasteiger partial charge in [-0.25, -0.2) is 10.2 Å². The molecule has 38 heavy (non-hydrogen) atoms. The first-order chi connectivity index (χ1) is 18.3. The SMILES string of the molecule is COc1cc(C(=O)Oc2c(Br)cc(Br)cc2C=NNC(=O)[C@@H]2COc3ccccc3O2)cc(OC)c1OC. The fourth-order valence-electron chi connectivity index (χ4n) is 3.52. The van der Waals surface area contributed by atoms with Crippen molar-refractivity contribution in [2.45, 2.75) is 6.10 Å². The number of halogens is 2. The Morgan fingerprint density at radius 3 is 2.32 bits per heavy atom. The van der Waals surface area contributed by atoms with E-state index < -0.39 is 18.0 Å². The molecule has 198 valence electrons. The van der Waals surface area contributed by atoms with Crippen molar-refractivity contribution in [3.63, 3.8) is 0 Å². The summed E-state index contributed by atoms with van der Waals surface area (Å²) in [6.45, 7) is 0.0401. The molecule has 0 aromatic heterocycles. The Labute approximate surface area is 235 Å². The van der Waals surface area contributed by atoms with Gasteiger partial charge in [0.2, 0.25) is 11.9 Å². The van der Waals surface area contributed by atoms with Crippen molar-refractivity contribution >= 4 is 50.0 Å². The van der Waals surface area contributed by atoms with E-state index in [1.54, 1.807) is 30.3 Å². The van der Waals surface area contributed by atoms with E-state index in [0.29, 0.717) is 43.3 Å². The maximum atomic E-state index is 13.1. The number of hydrogen-bond acceptors (Lipinski definition) is 9. The van der Waals surface area contributed by atoms with Crippen molar-refractivity contribution in [1.82, 2.24) is 5.43 Å². The van der Waals surface area contributed by atoms with Crippen LogP contribution in [0.3, 0.4) is 0 Å². The summed E-state index contributed by atoms with van der Waals surface area (Å²) in [7, 11) is 4.36. The predicted molar refractivity (Wildman–Crippen MR) is 145 cm³/mol. The summed E-state index contributed by atoms with van der Waals surface area (Å²) in [5, 5.41) is 4.02. The van der Waals surface area contributed by atoms with E-state index in [9.17, 15) is 9.59 Å². The van der Waals surface area contributed by atoms with Crippen LogP contribution in [0.15, 0.2) is 62.6 Å². The Morgan fingerprint density at radius 1 is 0.974 bits per heavy atom. The van der Waals surface area contributed by atoms with Gasteiger partial charge in [-0.1, -0.05) is 28.1 Å². The van der Waals surface area contributed by atoms with Gasteiger partial charge in [0.15, 0.2) is 28.7 Å².